The van der Waals surface area contributed by atoms with Crippen LogP contribution < -0.4 is 10.4 Å². The van der Waals surface area contributed by atoms with Crippen LogP contribution in [-0.4, -0.2) is 34.2 Å². The highest BCUT2D eigenvalue weighted by molar-refractivity contribution is 5.86. The maximum Gasteiger partial charge on any atom is 0.339 e. The third-order valence-electron chi connectivity index (χ3n) is 8.47. The van der Waals surface area contributed by atoms with Crippen molar-refractivity contribution < 1.29 is 19.1 Å². The van der Waals surface area contributed by atoms with Crippen LogP contribution in [0.5, 0.6) is 5.75 Å². The molecule has 6 heteroatoms. The fourth-order valence-electron chi connectivity index (χ4n) is 6.22. The molecule has 1 saturated carbocycles. The number of aliphatic hydroxyl groups is 1. The van der Waals surface area contributed by atoms with E-state index in [4.69, 9.17) is 9.15 Å². The third-order valence-corrected chi connectivity index (χ3v) is 8.47. The van der Waals surface area contributed by atoms with Crippen LogP contribution in [0, 0.1) is 26.7 Å². The number of ether oxygens (including phenoxy) is 1. The van der Waals surface area contributed by atoms with Gasteiger partial charge < -0.3 is 19.2 Å². The van der Waals surface area contributed by atoms with Gasteiger partial charge in [0.25, 0.3) is 5.91 Å². The molecule has 36 heavy (non-hydrogen) atoms. The van der Waals surface area contributed by atoms with Gasteiger partial charge in [-0.3, -0.25) is 4.79 Å². The van der Waals surface area contributed by atoms with E-state index < -0.39 is 11.7 Å². The van der Waals surface area contributed by atoms with E-state index in [1.807, 2.05) is 49.1 Å². The maximum atomic E-state index is 13.8. The average molecular weight is 490 g/mol. The van der Waals surface area contributed by atoms with Crippen LogP contribution in [0.1, 0.15) is 67.3 Å². The second-order valence-electron chi connectivity index (χ2n) is 10.6. The summed E-state index contributed by atoms with van der Waals surface area (Å²) in [5.74, 6) is 0.427. The Hall–Kier alpha value is -3.12. The predicted octanol–water partition coefficient (Wildman–Crippen LogP) is 5.38. The molecule has 2 heterocycles. The summed E-state index contributed by atoms with van der Waals surface area (Å²) in [5, 5.41) is 12.4. The zero-order valence-electron chi connectivity index (χ0n) is 21.5. The molecule has 1 aliphatic carbocycles. The molecule has 1 N–H and O–H groups in total. The molecular formula is C30H35NO5. The number of hydrogen-bond donors (Lipinski definition) is 1. The molecule has 1 aromatic heterocycles. The summed E-state index contributed by atoms with van der Waals surface area (Å²) in [5.41, 5.74) is 2.64. The number of fused-ring (bicyclic) bond motifs is 2. The van der Waals surface area contributed by atoms with Crippen molar-refractivity contribution in [3.05, 3.63) is 75.1 Å². The van der Waals surface area contributed by atoms with E-state index in [-0.39, 0.29) is 23.5 Å². The highest BCUT2D eigenvalue weighted by atomic mass is 16.5. The van der Waals surface area contributed by atoms with Gasteiger partial charge in [0, 0.05) is 29.0 Å². The number of rotatable bonds is 4. The molecule has 2 aliphatic rings. The molecule has 0 radical (unpaired) electrons. The first kappa shape index (κ1) is 24.6. The standard InChI is InChI=1S/C30H35NO5/c1-18-19(2)29(33)36-27-20(3)25(14-13-23(18)27)35-21(4)28(32)31-17-16-30(34)15-9-8-12-24(30)26(31)22-10-6-5-7-11-22/h5-7,10-11,13-14,21,24,26,34H,8-9,12,15-17H2,1-4H3/t21-,24-,26+,30-/m1/s1. The Morgan fingerprint density at radius 2 is 1.81 bits per heavy atom. The topological polar surface area (TPSA) is 80.0 Å². The number of piperidine rings is 1. The molecule has 0 unspecified atom stereocenters. The van der Waals surface area contributed by atoms with E-state index in [0.717, 1.165) is 42.2 Å². The van der Waals surface area contributed by atoms with Gasteiger partial charge in [-0.15, -0.1) is 0 Å². The fourth-order valence-corrected chi connectivity index (χ4v) is 6.22. The molecule has 1 aliphatic heterocycles. The van der Waals surface area contributed by atoms with Crippen molar-refractivity contribution >= 4 is 16.9 Å². The Balaban J connectivity index is 1.45. The van der Waals surface area contributed by atoms with Gasteiger partial charge >= 0.3 is 5.63 Å². The number of carbonyl (C=O) groups excluding carboxylic acids is 1. The van der Waals surface area contributed by atoms with Crippen molar-refractivity contribution in [1.82, 2.24) is 4.90 Å². The highest BCUT2D eigenvalue weighted by Crippen LogP contribution is 2.49. The molecule has 0 spiro atoms. The van der Waals surface area contributed by atoms with E-state index in [1.54, 1.807) is 13.8 Å². The summed E-state index contributed by atoms with van der Waals surface area (Å²) in [7, 11) is 0. The summed E-state index contributed by atoms with van der Waals surface area (Å²) in [6, 6.07) is 13.6. The van der Waals surface area contributed by atoms with Crippen molar-refractivity contribution in [1.29, 1.82) is 0 Å². The number of nitrogens with zero attached hydrogens (tertiary/aromatic N) is 1. The van der Waals surface area contributed by atoms with Crippen LogP contribution in [0.15, 0.2) is 51.7 Å². The molecule has 2 aromatic carbocycles. The first-order valence-corrected chi connectivity index (χ1v) is 13.0. The van der Waals surface area contributed by atoms with Gasteiger partial charge in [-0.2, -0.15) is 0 Å². The van der Waals surface area contributed by atoms with Gasteiger partial charge in [-0.1, -0.05) is 43.2 Å². The summed E-state index contributed by atoms with van der Waals surface area (Å²) in [6.07, 6.45) is 3.62. The Bertz CT molecular complexity index is 1350. The quantitative estimate of drug-likeness (QED) is 0.498. The van der Waals surface area contributed by atoms with Crippen LogP contribution >= 0.6 is 0 Å². The second kappa shape index (κ2) is 9.40. The summed E-state index contributed by atoms with van der Waals surface area (Å²) < 4.78 is 11.8. The SMILES string of the molecule is Cc1c(C)c2ccc(O[C@H](C)C(=O)N3CC[C@]4(O)CCCC[C@@H]4[C@@H]3c3ccccc3)c(C)c2oc1=O. The number of likely N-dealkylation sites (tertiary alicyclic amines) is 1. The van der Waals surface area contributed by atoms with Crippen molar-refractivity contribution in [2.24, 2.45) is 5.92 Å². The summed E-state index contributed by atoms with van der Waals surface area (Å²) >= 11 is 0. The van der Waals surface area contributed by atoms with Crippen LogP contribution in [0.3, 0.4) is 0 Å². The molecule has 190 valence electrons. The van der Waals surface area contributed by atoms with Crippen molar-refractivity contribution in [3.8, 4) is 5.75 Å². The molecule has 3 aromatic rings. The highest BCUT2D eigenvalue weighted by Gasteiger charge is 2.50. The van der Waals surface area contributed by atoms with Crippen molar-refractivity contribution in [3.63, 3.8) is 0 Å². The lowest BCUT2D eigenvalue weighted by molar-refractivity contribution is -0.161. The van der Waals surface area contributed by atoms with Crippen molar-refractivity contribution in [2.75, 3.05) is 6.54 Å². The average Bonchev–Trinajstić information content (AvgIpc) is 2.88. The number of amides is 1. The first-order chi connectivity index (χ1) is 17.2. The monoisotopic (exact) mass is 489 g/mol. The van der Waals surface area contributed by atoms with E-state index in [9.17, 15) is 14.7 Å². The Kier molecular flexibility index (Phi) is 6.41. The van der Waals surface area contributed by atoms with Crippen LogP contribution in [0.25, 0.3) is 11.0 Å². The lowest BCUT2D eigenvalue weighted by atomic mass is 9.66. The first-order valence-electron chi connectivity index (χ1n) is 13.0. The number of aryl methyl sites for hydroxylation is 2. The molecule has 2 fully saturated rings. The van der Waals surface area contributed by atoms with E-state index in [2.05, 4.69) is 12.1 Å². The zero-order valence-corrected chi connectivity index (χ0v) is 21.5. The fraction of sp³-hybridized carbons (Fsp3) is 0.467. The summed E-state index contributed by atoms with van der Waals surface area (Å²) in [4.78, 5) is 28.0. The largest absolute Gasteiger partial charge is 0.480 e. The van der Waals surface area contributed by atoms with Gasteiger partial charge in [0.1, 0.15) is 11.3 Å². The number of hydrogen-bond acceptors (Lipinski definition) is 5. The minimum absolute atomic E-state index is 0.00134. The van der Waals surface area contributed by atoms with Crippen LogP contribution in [0.2, 0.25) is 0 Å². The predicted molar refractivity (Wildman–Crippen MR) is 139 cm³/mol. The van der Waals surface area contributed by atoms with Gasteiger partial charge in [0.15, 0.2) is 6.10 Å². The van der Waals surface area contributed by atoms with Gasteiger partial charge in [-0.05, 0) is 70.2 Å². The molecule has 1 amide bonds. The lowest BCUT2D eigenvalue weighted by Gasteiger charge is -2.53. The molecule has 5 rings (SSSR count). The minimum atomic E-state index is -0.736. The van der Waals surface area contributed by atoms with Crippen molar-refractivity contribution in [2.45, 2.75) is 77.5 Å². The van der Waals surface area contributed by atoms with E-state index in [0.29, 0.717) is 35.4 Å². The maximum absolute atomic E-state index is 13.8. The van der Waals surface area contributed by atoms with Crippen LogP contribution in [-0.2, 0) is 4.79 Å². The molecule has 4 atom stereocenters. The smallest absolute Gasteiger partial charge is 0.339 e. The Labute approximate surface area is 211 Å². The molecule has 0 bridgehead atoms. The van der Waals surface area contributed by atoms with Gasteiger partial charge in [-0.25, -0.2) is 4.79 Å². The lowest BCUT2D eigenvalue weighted by Crippen LogP contribution is -2.58. The van der Waals surface area contributed by atoms with Gasteiger partial charge in [0.2, 0.25) is 0 Å². The Morgan fingerprint density at radius 3 is 2.56 bits per heavy atom. The van der Waals surface area contributed by atoms with Crippen LogP contribution in [0.4, 0.5) is 0 Å². The van der Waals surface area contributed by atoms with E-state index >= 15 is 0 Å². The normalized spacial score (nSPS) is 24.9. The molecule has 6 nitrogen and oxygen atoms in total. The summed E-state index contributed by atoms with van der Waals surface area (Å²) in [6.45, 7) is 7.78. The minimum Gasteiger partial charge on any atom is -0.480 e. The molecular weight excluding hydrogens is 454 g/mol. The number of carbonyl (C=O) groups is 1. The zero-order chi connectivity index (χ0) is 25.6. The second-order valence-corrected chi connectivity index (χ2v) is 10.6. The Morgan fingerprint density at radius 1 is 1.06 bits per heavy atom. The number of benzene rings is 2. The molecule has 1 saturated heterocycles. The van der Waals surface area contributed by atoms with E-state index in [1.165, 1.54) is 0 Å². The third kappa shape index (κ3) is 4.11. The van der Waals surface area contributed by atoms with Gasteiger partial charge in [0.05, 0.1) is 11.6 Å².